The van der Waals surface area contributed by atoms with Gasteiger partial charge in [-0.1, -0.05) is 62.4 Å². The Labute approximate surface area is 125 Å². The zero-order valence-corrected chi connectivity index (χ0v) is 12.6. The van der Waals surface area contributed by atoms with Crippen LogP contribution < -0.4 is 5.32 Å². The van der Waals surface area contributed by atoms with Crippen molar-refractivity contribution in [3.05, 3.63) is 59.9 Å². The molecular formula is C19H21NO. The molecule has 0 saturated heterocycles. The fourth-order valence-electron chi connectivity index (χ4n) is 2.83. The summed E-state index contributed by atoms with van der Waals surface area (Å²) in [5.41, 5.74) is 4.71. The van der Waals surface area contributed by atoms with Gasteiger partial charge in [-0.2, -0.15) is 0 Å². The first-order chi connectivity index (χ1) is 10.3. The van der Waals surface area contributed by atoms with Gasteiger partial charge in [-0.15, -0.1) is 0 Å². The van der Waals surface area contributed by atoms with E-state index in [4.69, 9.17) is 4.42 Å². The van der Waals surface area contributed by atoms with Crippen LogP contribution in [0, 0.1) is 0 Å². The molecule has 0 radical (unpaired) electrons. The summed E-state index contributed by atoms with van der Waals surface area (Å²) in [7, 11) is 0. The molecule has 2 nitrogen and oxygen atoms in total. The summed E-state index contributed by atoms with van der Waals surface area (Å²) in [6.45, 7) is 6.05. The number of fused-ring (bicyclic) bond motifs is 1. The Hall–Kier alpha value is -2.06. The molecule has 21 heavy (non-hydrogen) atoms. The van der Waals surface area contributed by atoms with Crippen molar-refractivity contribution in [2.75, 3.05) is 6.54 Å². The highest BCUT2D eigenvalue weighted by atomic mass is 16.3. The SMILES string of the molecule is CCNCc1oc2c(-c3ccccc3)cccc2c1CC. The van der Waals surface area contributed by atoms with E-state index in [9.17, 15) is 0 Å². The van der Waals surface area contributed by atoms with Gasteiger partial charge in [0.1, 0.15) is 11.3 Å². The molecule has 0 fully saturated rings. The molecule has 108 valence electrons. The van der Waals surface area contributed by atoms with Gasteiger partial charge >= 0.3 is 0 Å². The van der Waals surface area contributed by atoms with Crippen molar-refractivity contribution in [1.29, 1.82) is 0 Å². The molecule has 2 aromatic carbocycles. The predicted octanol–water partition coefficient (Wildman–Crippen LogP) is 4.77. The highest BCUT2D eigenvalue weighted by Gasteiger charge is 2.15. The van der Waals surface area contributed by atoms with Gasteiger partial charge in [0, 0.05) is 16.5 Å². The average molecular weight is 279 g/mol. The molecule has 1 heterocycles. The van der Waals surface area contributed by atoms with Gasteiger partial charge in [0.2, 0.25) is 0 Å². The molecule has 0 atom stereocenters. The quantitative estimate of drug-likeness (QED) is 0.727. The molecule has 0 spiro atoms. The Morgan fingerprint density at radius 2 is 1.76 bits per heavy atom. The molecule has 3 aromatic rings. The van der Waals surface area contributed by atoms with Crippen LogP contribution in [-0.4, -0.2) is 6.54 Å². The van der Waals surface area contributed by atoms with E-state index in [2.05, 4.69) is 61.6 Å². The second-order valence-corrected chi connectivity index (χ2v) is 5.19. The maximum Gasteiger partial charge on any atom is 0.142 e. The molecule has 0 unspecified atom stereocenters. The first-order valence-corrected chi connectivity index (χ1v) is 7.64. The van der Waals surface area contributed by atoms with E-state index in [-0.39, 0.29) is 0 Å². The molecule has 0 aliphatic heterocycles. The summed E-state index contributed by atoms with van der Waals surface area (Å²) >= 11 is 0. The maximum absolute atomic E-state index is 6.22. The molecule has 0 aliphatic rings. The monoisotopic (exact) mass is 279 g/mol. The van der Waals surface area contributed by atoms with Gasteiger partial charge in [0.05, 0.1) is 6.54 Å². The average Bonchev–Trinajstić information content (AvgIpc) is 2.91. The van der Waals surface area contributed by atoms with E-state index in [1.54, 1.807) is 0 Å². The second-order valence-electron chi connectivity index (χ2n) is 5.19. The number of hydrogen-bond acceptors (Lipinski definition) is 2. The molecule has 0 amide bonds. The third-order valence-corrected chi connectivity index (χ3v) is 3.88. The van der Waals surface area contributed by atoms with Gasteiger partial charge in [0.15, 0.2) is 0 Å². The summed E-state index contributed by atoms with van der Waals surface area (Å²) in [6, 6.07) is 16.9. The van der Waals surface area contributed by atoms with Gasteiger partial charge in [0.25, 0.3) is 0 Å². The van der Waals surface area contributed by atoms with Crippen molar-refractivity contribution in [3.63, 3.8) is 0 Å². The largest absolute Gasteiger partial charge is 0.459 e. The highest BCUT2D eigenvalue weighted by Crippen LogP contribution is 2.34. The Morgan fingerprint density at radius 3 is 2.48 bits per heavy atom. The number of rotatable bonds is 5. The van der Waals surface area contributed by atoms with Crippen LogP contribution >= 0.6 is 0 Å². The normalized spacial score (nSPS) is 11.1. The van der Waals surface area contributed by atoms with Crippen LogP contribution in [0.3, 0.4) is 0 Å². The topological polar surface area (TPSA) is 25.2 Å². The highest BCUT2D eigenvalue weighted by molar-refractivity contribution is 5.95. The lowest BCUT2D eigenvalue weighted by Crippen LogP contribution is -2.12. The Bertz CT molecular complexity index is 728. The minimum absolute atomic E-state index is 0.794. The molecule has 0 bridgehead atoms. The van der Waals surface area contributed by atoms with E-state index < -0.39 is 0 Å². The number of furan rings is 1. The van der Waals surface area contributed by atoms with E-state index in [1.165, 1.54) is 22.1 Å². The number of hydrogen-bond donors (Lipinski definition) is 1. The minimum Gasteiger partial charge on any atom is -0.459 e. The lowest BCUT2D eigenvalue weighted by atomic mass is 10.0. The van der Waals surface area contributed by atoms with Gasteiger partial charge in [-0.3, -0.25) is 0 Å². The van der Waals surface area contributed by atoms with Crippen molar-refractivity contribution >= 4 is 11.0 Å². The lowest BCUT2D eigenvalue weighted by Gasteiger charge is -2.02. The third kappa shape index (κ3) is 2.59. The number of benzene rings is 2. The molecule has 1 N–H and O–H groups in total. The van der Waals surface area contributed by atoms with E-state index in [0.717, 1.165) is 30.9 Å². The summed E-state index contributed by atoms with van der Waals surface area (Å²) in [6.07, 6.45) is 0.992. The van der Waals surface area contributed by atoms with E-state index >= 15 is 0 Å². The standard InChI is InChI=1S/C19H21NO/c1-3-15-17-12-8-11-16(14-9-6-5-7-10-14)19(17)21-18(15)13-20-4-2/h5-12,20H,3-4,13H2,1-2H3. The van der Waals surface area contributed by atoms with Gasteiger partial charge in [-0.25, -0.2) is 0 Å². The van der Waals surface area contributed by atoms with Crippen molar-refractivity contribution in [2.45, 2.75) is 26.8 Å². The molecule has 2 heteroatoms. The van der Waals surface area contributed by atoms with E-state index in [0.29, 0.717) is 0 Å². The van der Waals surface area contributed by atoms with Crippen LogP contribution in [0.25, 0.3) is 22.1 Å². The summed E-state index contributed by atoms with van der Waals surface area (Å²) in [4.78, 5) is 0. The molecule has 1 aromatic heterocycles. The fourth-order valence-corrected chi connectivity index (χ4v) is 2.83. The van der Waals surface area contributed by atoms with Crippen LogP contribution in [0.5, 0.6) is 0 Å². The zero-order chi connectivity index (χ0) is 14.7. The van der Waals surface area contributed by atoms with Crippen LogP contribution in [0.4, 0.5) is 0 Å². The first kappa shape index (κ1) is 13.9. The minimum atomic E-state index is 0.794. The Kier molecular flexibility index (Phi) is 4.07. The van der Waals surface area contributed by atoms with Gasteiger partial charge in [-0.05, 0) is 18.5 Å². The van der Waals surface area contributed by atoms with Crippen molar-refractivity contribution < 1.29 is 4.42 Å². The van der Waals surface area contributed by atoms with Gasteiger partial charge < -0.3 is 9.73 Å². The zero-order valence-electron chi connectivity index (χ0n) is 12.6. The second kappa shape index (κ2) is 6.15. The lowest BCUT2D eigenvalue weighted by molar-refractivity contribution is 0.515. The van der Waals surface area contributed by atoms with Crippen LogP contribution in [-0.2, 0) is 13.0 Å². The number of aryl methyl sites for hydroxylation is 1. The molecular weight excluding hydrogens is 258 g/mol. The van der Waals surface area contributed by atoms with E-state index in [1.807, 2.05) is 6.07 Å². The van der Waals surface area contributed by atoms with Crippen LogP contribution in [0.15, 0.2) is 52.9 Å². The van der Waals surface area contributed by atoms with Crippen molar-refractivity contribution in [3.8, 4) is 11.1 Å². The Morgan fingerprint density at radius 1 is 0.952 bits per heavy atom. The molecule has 0 saturated carbocycles. The maximum atomic E-state index is 6.22. The van der Waals surface area contributed by atoms with Crippen molar-refractivity contribution in [1.82, 2.24) is 5.32 Å². The molecule has 3 rings (SSSR count). The predicted molar refractivity (Wildman–Crippen MR) is 88.4 cm³/mol. The van der Waals surface area contributed by atoms with Crippen LogP contribution in [0.2, 0.25) is 0 Å². The fraction of sp³-hybridized carbons (Fsp3) is 0.263. The molecule has 0 aliphatic carbocycles. The summed E-state index contributed by atoms with van der Waals surface area (Å²) in [5.74, 6) is 1.07. The first-order valence-electron chi connectivity index (χ1n) is 7.64. The third-order valence-electron chi connectivity index (χ3n) is 3.88. The smallest absolute Gasteiger partial charge is 0.142 e. The number of nitrogens with one attached hydrogen (secondary N) is 1. The summed E-state index contributed by atoms with van der Waals surface area (Å²) in [5, 5.41) is 4.61. The van der Waals surface area contributed by atoms with Crippen LogP contribution in [0.1, 0.15) is 25.2 Å². The number of para-hydroxylation sites is 1. The summed E-state index contributed by atoms with van der Waals surface area (Å²) < 4.78 is 6.22. The Balaban J connectivity index is 2.17. The van der Waals surface area contributed by atoms with Crippen molar-refractivity contribution in [2.24, 2.45) is 0 Å².